The number of benzene rings is 2. The van der Waals surface area contributed by atoms with E-state index in [1.54, 1.807) is 0 Å². The number of carbonyl (C=O) groups is 2. The second-order valence-corrected chi connectivity index (χ2v) is 9.38. The normalized spacial score (nSPS) is 12.8. The molecule has 1 radical (unpaired) electrons. The SMILES string of the molecule is [CH2]C(NC(=O)c1nc(C)sc1-c1ccccc1)C(c1ccccc1)c1ncc(C(=O)O)s1. The highest BCUT2D eigenvalue weighted by atomic mass is 32.1. The molecule has 0 bridgehead atoms. The predicted octanol–water partition coefficient (Wildman–Crippen LogP) is 5.04. The van der Waals surface area contributed by atoms with Crippen LogP contribution in [0.2, 0.25) is 0 Å². The fraction of sp³-hybridized carbons (Fsp3) is 0.125. The molecule has 8 heteroatoms. The van der Waals surface area contributed by atoms with E-state index in [0.717, 1.165) is 32.3 Å². The molecule has 4 aromatic rings. The number of carboxylic acid groups (broad SMARTS) is 1. The number of hydrogen-bond acceptors (Lipinski definition) is 6. The zero-order valence-electron chi connectivity index (χ0n) is 17.2. The van der Waals surface area contributed by atoms with Crippen molar-refractivity contribution in [2.75, 3.05) is 0 Å². The standard InChI is InChI=1S/C24H20N3O3S2/c1-14(19(16-9-5-3-6-10-16)23-25-13-18(32-23)24(29)30)26-22(28)20-21(31-15(2)27-20)17-11-7-4-8-12-17/h3-14,19H,1H2,2H3,(H,26,28)(H,29,30). The van der Waals surface area contributed by atoms with Crippen LogP contribution >= 0.6 is 22.7 Å². The second-order valence-electron chi connectivity index (χ2n) is 7.11. The molecule has 2 aromatic heterocycles. The number of nitrogens with one attached hydrogen (secondary N) is 1. The van der Waals surface area contributed by atoms with Crippen molar-refractivity contribution in [2.24, 2.45) is 0 Å². The van der Waals surface area contributed by atoms with Crippen LogP contribution in [0.3, 0.4) is 0 Å². The first-order valence-corrected chi connectivity index (χ1v) is 11.5. The van der Waals surface area contributed by atoms with Gasteiger partial charge < -0.3 is 10.4 Å². The van der Waals surface area contributed by atoms with Crippen LogP contribution in [0.5, 0.6) is 0 Å². The van der Waals surface area contributed by atoms with Crippen LogP contribution in [0.25, 0.3) is 10.4 Å². The minimum Gasteiger partial charge on any atom is -0.477 e. The summed E-state index contributed by atoms with van der Waals surface area (Å²) in [5.41, 5.74) is 2.16. The zero-order valence-corrected chi connectivity index (χ0v) is 18.8. The van der Waals surface area contributed by atoms with Crippen LogP contribution in [-0.2, 0) is 0 Å². The molecule has 32 heavy (non-hydrogen) atoms. The Balaban J connectivity index is 1.65. The molecule has 0 fully saturated rings. The second kappa shape index (κ2) is 9.42. The number of carbonyl (C=O) groups excluding carboxylic acids is 1. The van der Waals surface area contributed by atoms with Crippen molar-refractivity contribution in [3.63, 3.8) is 0 Å². The summed E-state index contributed by atoms with van der Waals surface area (Å²) in [6.07, 6.45) is 1.34. The number of aryl methyl sites for hydroxylation is 1. The molecule has 0 aliphatic carbocycles. The minimum absolute atomic E-state index is 0.140. The van der Waals surface area contributed by atoms with E-state index in [0.29, 0.717) is 10.7 Å². The van der Waals surface area contributed by atoms with Gasteiger partial charge in [0.05, 0.1) is 22.0 Å². The van der Waals surface area contributed by atoms with Gasteiger partial charge in [0.1, 0.15) is 15.6 Å². The van der Waals surface area contributed by atoms with Gasteiger partial charge in [0.2, 0.25) is 0 Å². The lowest BCUT2D eigenvalue weighted by Crippen LogP contribution is -2.38. The quantitative estimate of drug-likeness (QED) is 0.402. The van der Waals surface area contributed by atoms with Crippen LogP contribution in [0.1, 0.15) is 41.7 Å². The Kier molecular flexibility index (Phi) is 6.43. The van der Waals surface area contributed by atoms with Crippen LogP contribution in [0.4, 0.5) is 0 Å². The van der Waals surface area contributed by atoms with Crippen molar-refractivity contribution in [2.45, 2.75) is 18.9 Å². The van der Waals surface area contributed by atoms with E-state index in [-0.39, 0.29) is 10.8 Å². The first kappa shape index (κ1) is 21.9. The van der Waals surface area contributed by atoms with Gasteiger partial charge in [-0.25, -0.2) is 14.8 Å². The summed E-state index contributed by atoms with van der Waals surface area (Å²) in [6, 6.07) is 18.6. The maximum Gasteiger partial charge on any atom is 0.347 e. The van der Waals surface area contributed by atoms with Gasteiger partial charge in [-0.1, -0.05) is 60.7 Å². The molecule has 0 saturated carbocycles. The van der Waals surface area contributed by atoms with E-state index in [2.05, 4.69) is 22.2 Å². The van der Waals surface area contributed by atoms with Crippen molar-refractivity contribution in [3.8, 4) is 10.4 Å². The molecule has 1 amide bonds. The lowest BCUT2D eigenvalue weighted by atomic mass is 9.93. The van der Waals surface area contributed by atoms with Gasteiger partial charge in [-0.3, -0.25) is 4.79 Å². The van der Waals surface area contributed by atoms with Gasteiger partial charge in [0.25, 0.3) is 5.91 Å². The lowest BCUT2D eigenvalue weighted by Gasteiger charge is -2.23. The topological polar surface area (TPSA) is 92.2 Å². The molecule has 2 N–H and O–H groups in total. The summed E-state index contributed by atoms with van der Waals surface area (Å²) in [7, 11) is 0. The Morgan fingerprint density at radius 1 is 1.03 bits per heavy atom. The molecular weight excluding hydrogens is 442 g/mol. The Labute approximate surface area is 193 Å². The summed E-state index contributed by atoms with van der Waals surface area (Å²) >= 11 is 2.55. The van der Waals surface area contributed by atoms with E-state index in [4.69, 9.17) is 0 Å². The number of amides is 1. The van der Waals surface area contributed by atoms with Crippen molar-refractivity contribution in [1.82, 2.24) is 15.3 Å². The molecule has 2 heterocycles. The monoisotopic (exact) mass is 462 g/mol. The fourth-order valence-corrected chi connectivity index (χ4v) is 5.30. The third-order valence-electron chi connectivity index (χ3n) is 4.86. The number of nitrogens with zero attached hydrogens (tertiary/aromatic N) is 2. The number of thiazole rings is 2. The van der Waals surface area contributed by atoms with E-state index < -0.39 is 17.9 Å². The van der Waals surface area contributed by atoms with Gasteiger partial charge >= 0.3 is 5.97 Å². The highest BCUT2D eigenvalue weighted by Gasteiger charge is 2.28. The van der Waals surface area contributed by atoms with Crippen molar-refractivity contribution in [1.29, 1.82) is 0 Å². The third-order valence-corrected chi connectivity index (χ3v) is 6.95. The lowest BCUT2D eigenvalue weighted by molar-refractivity contribution is 0.0701. The Morgan fingerprint density at radius 2 is 1.69 bits per heavy atom. The Bertz CT molecular complexity index is 1240. The molecule has 2 unspecified atom stereocenters. The molecule has 2 atom stereocenters. The molecule has 161 valence electrons. The number of carboxylic acids is 1. The fourth-order valence-electron chi connectivity index (χ4n) is 3.42. The average molecular weight is 463 g/mol. The van der Waals surface area contributed by atoms with Gasteiger partial charge in [0, 0.05) is 6.04 Å². The van der Waals surface area contributed by atoms with Crippen LogP contribution in [0, 0.1) is 13.8 Å². The number of hydrogen-bond donors (Lipinski definition) is 2. The van der Waals surface area contributed by atoms with Gasteiger partial charge in [-0.15, -0.1) is 22.7 Å². The van der Waals surface area contributed by atoms with Crippen LogP contribution in [0.15, 0.2) is 66.9 Å². The first-order chi connectivity index (χ1) is 15.4. The first-order valence-electron chi connectivity index (χ1n) is 9.85. The number of aromatic nitrogens is 2. The Hall–Kier alpha value is -3.36. The molecule has 0 aliphatic rings. The maximum absolute atomic E-state index is 13.2. The van der Waals surface area contributed by atoms with E-state index in [1.807, 2.05) is 67.6 Å². The largest absolute Gasteiger partial charge is 0.477 e. The molecule has 6 nitrogen and oxygen atoms in total. The van der Waals surface area contributed by atoms with Gasteiger partial charge in [-0.05, 0) is 25.0 Å². The highest BCUT2D eigenvalue weighted by molar-refractivity contribution is 7.15. The Morgan fingerprint density at radius 3 is 2.31 bits per heavy atom. The summed E-state index contributed by atoms with van der Waals surface area (Å²) < 4.78 is 0. The van der Waals surface area contributed by atoms with E-state index in [9.17, 15) is 14.7 Å². The summed E-state index contributed by atoms with van der Waals surface area (Å²) in [6.45, 7) is 6.05. The summed E-state index contributed by atoms with van der Waals surface area (Å²) in [4.78, 5) is 34.3. The van der Waals surface area contributed by atoms with Crippen molar-refractivity contribution in [3.05, 3.63) is 99.9 Å². The van der Waals surface area contributed by atoms with Crippen molar-refractivity contribution >= 4 is 34.6 Å². The van der Waals surface area contributed by atoms with Crippen LogP contribution < -0.4 is 5.32 Å². The predicted molar refractivity (Wildman–Crippen MR) is 126 cm³/mol. The molecule has 4 rings (SSSR count). The van der Waals surface area contributed by atoms with E-state index >= 15 is 0 Å². The highest BCUT2D eigenvalue weighted by Crippen LogP contribution is 2.33. The van der Waals surface area contributed by atoms with Crippen molar-refractivity contribution < 1.29 is 14.7 Å². The third kappa shape index (κ3) is 4.61. The molecule has 0 spiro atoms. The number of aromatic carboxylic acids is 1. The maximum atomic E-state index is 13.2. The molecule has 2 aromatic carbocycles. The van der Waals surface area contributed by atoms with Gasteiger partial charge in [0.15, 0.2) is 0 Å². The molecule has 0 aliphatic heterocycles. The van der Waals surface area contributed by atoms with E-state index in [1.165, 1.54) is 17.5 Å². The zero-order chi connectivity index (χ0) is 22.7. The summed E-state index contributed by atoms with van der Waals surface area (Å²) in [5.74, 6) is -1.77. The summed E-state index contributed by atoms with van der Waals surface area (Å²) in [5, 5.41) is 13.6. The van der Waals surface area contributed by atoms with Crippen LogP contribution in [-0.4, -0.2) is 33.0 Å². The average Bonchev–Trinajstić information content (AvgIpc) is 3.43. The number of rotatable bonds is 7. The smallest absolute Gasteiger partial charge is 0.347 e. The minimum atomic E-state index is -1.03. The molecule has 0 saturated heterocycles. The molecular formula is C24H20N3O3S2. The van der Waals surface area contributed by atoms with Gasteiger partial charge in [-0.2, -0.15) is 0 Å².